The lowest BCUT2D eigenvalue weighted by Crippen LogP contribution is -2.13. The molecular formula is C15H15N3O2S3. The number of nitrogens with one attached hydrogen (secondary N) is 1. The van der Waals surface area contributed by atoms with Crippen LogP contribution in [0.5, 0.6) is 5.75 Å². The summed E-state index contributed by atoms with van der Waals surface area (Å²) in [6.45, 7) is 4.49. The predicted molar refractivity (Wildman–Crippen MR) is 97.0 cm³/mol. The molecule has 1 amide bonds. The van der Waals surface area contributed by atoms with Gasteiger partial charge in [0.05, 0.1) is 28.3 Å². The van der Waals surface area contributed by atoms with Crippen molar-refractivity contribution in [2.75, 3.05) is 17.7 Å². The van der Waals surface area contributed by atoms with Crippen molar-refractivity contribution in [1.29, 1.82) is 0 Å². The number of thioether (sulfide) groups is 1. The highest BCUT2D eigenvalue weighted by Gasteiger charge is 2.10. The van der Waals surface area contributed by atoms with Crippen LogP contribution in [0.25, 0.3) is 10.2 Å². The van der Waals surface area contributed by atoms with Gasteiger partial charge in [0.1, 0.15) is 5.75 Å². The standard InChI is InChI=1S/C15H15N3O2S3/c1-3-20-10-4-5-12-11(6-10)17-15(23-12)22-8-13(19)18-14-16-9(2)7-21-14/h4-7H,3,8H2,1-2H3,(H,16,18,19). The van der Waals surface area contributed by atoms with E-state index in [1.54, 1.807) is 11.3 Å². The molecule has 23 heavy (non-hydrogen) atoms. The van der Waals surface area contributed by atoms with Gasteiger partial charge in [-0.2, -0.15) is 0 Å². The minimum atomic E-state index is -0.0707. The van der Waals surface area contributed by atoms with E-state index in [1.807, 2.05) is 37.4 Å². The van der Waals surface area contributed by atoms with E-state index in [4.69, 9.17) is 4.74 Å². The monoisotopic (exact) mass is 365 g/mol. The van der Waals surface area contributed by atoms with Gasteiger partial charge in [-0.3, -0.25) is 4.79 Å². The normalized spacial score (nSPS) is 10.9. The minimum absolute atomic E-state index is 0.0707. The number of carbonyl (C=O) groups excluding carboxylic acids is 1. The van der Waals surface area contributed by atoms with Gasteiger partial charge in [0.15, 0.2) is 9.47 Å². The number of amides is 1. The summed E-state index contributed by atoms with van der Waals surface area (Å²) in [5, 5.41) is 5.34. The third kappa shape index (κ3) is 4.21. The van der Waals surface area contributed by atoms with Gasteiger partial charge in [0.25, 0.3) is 0 Å². The van der Waals surface area contributed by atoms with E-state index in [0.29, 0.717) is 17.5 Å². The fraction of sp³-hybridized carbons (Fsp3) is 0.267. The molecule has 0 saturated carbocycles. The molecule has 0 atom stereocenters. The number of aryl methyl sites for hydroxylation is 1. The van der Waals surface area contributed by atoms with Crippen molar-refractivity contribution in [2.24, 2.45) is 0 Å². The molecule has 0 saturated heterocycles. The molecule has 0 unspecified atom stereocenters. The molecule has 2 heterocycles. The molecule has 3 aromatic rings. The number of fused-ring (bicyclic) bond motifs is 1. The number of rotatable bonds is 6. The zero-order valence-corrected chi connectivity index (χ0v) is 15.1. The van der Waals surface area contributed by atoms with E-state index in [1.165, 1.54) is 23.1 Å². The predicted octanol–water partition coefficient (Wildman–Crippen LogP) is 4.19. The first kappa shape index (κ1) is 16.2. The Labute approximate surface area is 146 Å². The molecule has 0 aliphatic rings. The van der Waals surface area contributed by atoms with Crippen LogP contribution in [0.3, 0.4) is 0 Å². The Kier molecular flexibility index (Phi) is 5.14. The Morgan fingerprint density at radius 1 is 1.39 bits per heavy atom. The van der Waals surface area contributed by atoms with Crippen LogP contribution in [-0.4, -0.2) is 28.2 Å². The maximum atomic E-state index is 11.9. The topological polar surface area (TPSA) is 64.1 Å². The number of hydrogen-bond acceptors (Lipinski definition) is 7. The number of nitrogens with zero attached hydrogens (tertiary/aromatic N) is 2. The smallest absolute Gasteiger partial charge is 0.236 e. The van der Waals surface area contributed by atoms with Crippen molar-refractivity contribution >= 4 is 55.7 Å². The molecule has 0 fully saturated rings. The van der Waals surface area contributed by atoms with Gasteiger partial charge in [-0.05, 0) is 26.0 Å². The highest BCUT2D eigenvalue weighted by atomic mass is 32.2. The van der Waals surface area contributed by atoms with Crippen molar-refractivity contribution in [2.45, 2.75) is 18.2 Å². The first-order valence-electron chi connectivity index (χ1n) is 7.02. The van der Waals surface area contributed by atoms with Gasteiger partial charge < -0.3 is 10.1 Å². The molecule has 120 valence electrons. The average Bonchev–Trinajstić information content (AvgIpc) is 3.11. The second-order valence-electron chi connectivity index (χ2n) is 4.67. The van der Waals surface area contributed by atoms with Crippen LogP contribution in [0.1, 0.15) is 12.6 Å². The Hall–Kier alpha value is -1.64. The molecule has 0 aliphatic carbocycles. The van der Waals surface area contributed by atoms with E-state index >= 15 is 0 Å². The number of carbonyl (C=O) groups is 1. The first-order valence-corrected chi connectivity index (χ1v) is 9.70. The molecule has 2 aromatic heterocycles. The van der Waals surface area contributed by atoms with E-state index in [9.17, 15) is 4.79 Å². The van der Waals surface area contributed by atoms with E-state index in [2.05, 4.69) is 15.3 Å². The number of thiazole rings is 2. The third-order valence-electron chi connectivity index (χ3n) is 2.84. The van der Waals surface area contributed by atoms with Gasteiger partial charge in [-0.25, -0.2) is 9.97 Å². The second kappa shape index (κ2) is 7.29. The van der Waals surface area contributed by atoms with Gasteiger partial charge in [0, 0.05) is 11.4 Å². The van der Waals surface area contributed by atoms with Crippen LogP contribution in [0, 0.1) is 6.92 Å². The largest absolute Gasteiger partial charge is 0.494 e. The summed E-state index contributed by atoms with van der Waals surface area (Å²) in [7, 11) is 0. The summed E-state index contributed by atoms with van der Waals surface area (Å²) in [5.74, 6) is 1.06. The second-order valence-corrected chi connectivity index (χ2v) is 7.78. The molecule has 3 rings (SSSR count). The summed E-state index contributed by atoms with van der Waals surface area (Å²) in [6, 6.07) is 5.87. The lowest BCUT2D eigenvalue weighted by Gasteiger charge is -2.00. The lowest BCUT2D eigenvalue weighted by molar-refractivity contribution is -0.113. The van der Waals surface area contributed by atoms with E-state index in [-0.39, 0.29) is 5.91 Å². The summed E-state index contributed by atoms with van der Waals surface area (Å²) < 4.78 is 7.44. The Bertz CT molecular complexity index is 828. The molecule has 1 aromatic carbocycles. The number of benzene rings is 1. The van der Waals surface area contributed by atoms with Crippen molar-refractivity contribution in [3.63, 3.8) is 0 Å². The van der Waals surface area contributed by atoms with Gasteiger partial charge in [0.2, 0.25) is 5.91 Å². The van der Waals surface area contributed by atoms with Crippen LogP contribution in [-0.2, 0) is 4.79 Å². The molecule has 8 heteroatoms. The summed E-state index contributed by atoms with van der Waals surface area (Å²) in [4.78, 5) is 20.7. The number of anilines is 1. The van der Waals surface area contributed by atoms with Crippen LogP contribution >= 0.6 is 34.4 Å². The van der Waals surface area contributed by atoms with Crippen LogP contribution in [0.4, 0.5) is 5.13 Å². The molecule has 1 N–H and O–H groups in total. The van der Waals surface area contributed by atoms with Crippen molar-refractivity contribution in [3.05, 3.63) is 29.3 Å². The number of aromatic nitrogens is 2. The maximum Gasteiger partial charge on any atom is 0.236 e. The third-order valence-corrected chi connectivity index (χ3v) is 5.90. The number of ether oxygens (including phenoxy) is 1. The quantitative estimate of drug-likeness (QED) is 0.664. The average molecular weight is 366 g/mol. The van der Waals surface area contributed by atoms with Crippen molar-refractivity contribution in [1.82, 2.24) is 9.97 Å². The summed E-state index contributed by atoms with van der Waals surface area (Å²) in [5.41, 5.74) is 1.81. The van der Waals surface area contributed by atoms with E-state index < -0.39 is 0 Å². The summed E-state index contributed by atoms with van der Waals surface area (Å²) >= 11 is 4.44. The van der Waals surface area contributed by atoms with Gasteiger partial charge in [-0.15, -0.1) is 22.7 Å². The van der Waals surface area contributed by atoms with Gasteiger partial charge in [-0.1, -0.05) is 11.8 Å². The van der Waals surface area contributed by atoms with Crippen LogP contribution in [0.2, 0.25) is 0 Å². The molecular weight excluding hydrogens is 350 g/mol. The molecule has 0 bridgehead atoms. The highest BCUT2D eigenvalue weighted by Crippen LogP contribution is 2.31. The van der Waals surface area contributed by atoms with E-state index in [0.717, 1.165) is 26.0 Å². The Morgan fingerprint density at radius 3 is 3.00 bits per heavy atom. The van der Waals surface area contributed by atoms with Crippen molar-refractivity contribution < 1.29 is 9.53 Å². The van der Waals surface area contributed by atoms with Crippen molar-refractivity contribution in [3.8, 4) is 5.75 Å². The SMILES string of the molecule is CCOc1ccc2sc(SCC(=O)Nc3nc(C)cs3)nc2c1. The minimum Gasteiger partial charge on any atom is -0.494 e. The van der Waals surface area contributed by atoms with Gasteiger partial charge >= 0.3 is 0 Å². The fourth-order valence-corrected chi connectivity index (χ4v) is 4.45. The first-order chi connectivity index (χ1) is 11.1. The highest BCUT2D eigenvalue weighted by molar-refractivity contribution is 8.01. The van der Waals surface area contributed by atoms with Crippen LogP contribution < -0.4 is 10.1 Å². The Balaban J connectivity index is 1.61. The Morgan fingerprint density at radius 2 is 2.26 bits per heavy atom. The molecule has 0 aliphatic heterocycles. The number of hydrogen-bond donors (Lipinski definition) is 1. The van der Waals surface area contributed by atoms with Crippen LogP contribution in [0.15, 0.2) is 27.9 Å². The summed E-state index contributed by atoms with van der Waals surface area (Å²) in [6.07, 6.45) is 0. The zero-order valence-electron chi connectivity index (χ0n) is 12.7. The molecule has 0 radical (unpaired) electrons. The molecule has 5 nitrogen and oxygen atoms in total. The lowest BCUT2D eigenvalue weighted by atomic mass is 10.3. The fourth-order valence-electron chi connectivity index (χ4n) is 1.90. The maximum absolute atomic E-state index is 11.9. The molecule has 0 spiro atoms. The zero-order chi connectivity index (χ0) is 16.2.